The topological polar surface area (TPSA) is 20.3 Å². The molecule has 2 aliphatic carbocycles. The quantitative estimate of drug-likeness (QED) is 0.794. The highest BCUT2D eigenvalue weighted by Gasteiger charge is 2.44. The first-order chi connectivity index (χ1) is 9.56. The van der Waals surface area contributed by atoms with E-state index in [9.17, 15) is 4.79 Å². The van der Waals surface area contributed by atoms with Gasteiger partial charge in [-0.2, -0.15) is 0 Å². The van der Waals surface area contributed by atoms with Gasteiger partial charge in [0.2, 0.25) is 5.91 Å². The molecule has 0 bridgehead atoms. The van der Waals surface area contributed by atoms with Gasteiger partial charge in [0.15, 0.2) is 0 Å². The van der Waals surface area contributed by atoms with Crippen molar-refractivity contribution in [2.75, 3.05) is 0 Å². The smallest absolute Gasteiger partial charge is 0.226 e. The molecule has 0 N–H and O–H groups in total. The lowest BCUT2D eigenvalue weighted by molar-refractivity contribution is -0.134. The zero-order valence-electron chi connectivity index (χ0n) is 12.8. The summed E-state index contributed by atoms with van der Waals surface area (Å²) in [4.78, 5) is 14.6. The van der Waals surface area contributed by atoms with Crippen LogP contribution in [-0.2, 0) is 11.3 Å². The molecule has 1 amide bonds. The summed E-state index contributed by atoms with van der Waals surface area (Å²) in [6.07, 6.45) is 3.47. The average Bonchev–Trinajstić information content (AvgIpc) is 3.32. The van der Waals surface area contributed by atoms with E-state index in [2.05, 4.69) is 49.9 Å². The van der Waals surface area contributed by atoms with Crippen molar-refractivity contribution in [3.63, 3.8) is 0 Å². The number of carbonyl (C=O) groups is 1. The normalized spacial score (nSPS) is 24.8. The van der Waals surface area contributed by atoms with E-state index in [1.165, 1.54) is 24.0 Å². The van der Waals surface area contributed by atoms with Gasteiger partial charge < -0.3 is 4.90 Å². The van der Waals surface area contributed by atoms with E-state index in [1.807, 2.05) is 0 Å². The Morgan fingerprint density at radius 3 is 2.30 bits per heavy atom. The van der Waals surface area contributed by atoms with Crippen molar-refractivity contribution in [2.45, 2.75) is 58.5 Å². The van der Waals surface area contributed by atoms with E-state index in [1.54, 1.807) is 0 Å². The highest BCUT2D eigenvalue weighted by Crippen LogP contribution is 2.42. The molecular weight excluding hydrogens is 246 g/mol. The predicted molar refractivity (Wildman–Crippen MR) is 81.4 cm³/mol. The molecule has 2 fully saturated rings. The number of rotatable bonds is 5. The molecule has 2 atom stereocenters. The molecule has 0 aliphatic heterocycles. The molecule has 0 unspecified atom stereocenters. The van der Waals surface area contributed by atoms with Crippen molar-refractivity contribution in [3.05, 3.63) is 35.4 Å². The van der Waals surface area contributed by atoms with Crippen molar-refractivity contribution in [2.24, 2.45) is 11.8 Å². The first kappa shape index (κ1) is 13.7. The SMILES string of the molecule is CC(C)c1ccc(CN(C(=O)[C@H]2C[C@H]2C)C2CC2)cc1. The lowest BCUT2D eigenvalue weighted by atomic mass is 10.0. The Morgan fingerprint density at radius 1 is 1.25 bits per heavy atom. The third kappa shape index (κ3) is 2.89. The lowest BCUT2D eigenvalue weighted by Gasteiger charge is -2.23. The summed E-state index contributed by atoms with van der Waals surface area (Å²) >= 11 is 0. The molecule has 2 nitrogen and oxygen atoms in total. The molecular formula is C18H25NO. The largest absolute Gasteiger partial charge is 0.335 e. The molecule has 0 heterocycles. The molecule has 2 aliphatic rings. The third-order valence-corrected chi connectivity index (χ3v) is 4.70. The molecule has 2 saturated carbocycles. The van der Waals surface area contributed by atoms with Crippen molar-refractivity contribution in [1.29, 1.82) is 0 Å². The number of carbonyl (C=O) groups excluding carboxylic acids is 1. The number of benzene rings is 1. The Balaban J connectivity index is 1.68. The number of hydrogen-bond acceptors (Lipinski definition) is 1. The average molecular weight is 271 g/mol. The fraction of sp³-hybridized carbons (Fsp3) is 0.611. The standard InChI is InChI=1S/C18H25NO/c1-12(2)15-6-4-14(5-7-15)11-19(16-8-9-16)18(20)17-10-13(17)3/h4-7,12-13,16-17H,8-11H2,1-3H3/t13-,17+/m1/s1. The van der Waals surface area contributed by atoms with Gasteiger partial charge in [-0.1, -0.05) is 45.0 Å². The van der Waals surface area contributed by atoms with E-state index in [4.69, 9.17) is 0 Å². The van der Waals surface area contributed by atoms with E-state index in [-0.39, 0.29) is 0 Å². The van der Waals surface area contributed by atoms with Gasteiger partial charge in [-0.3, -0.25) is 4.79 Å². The Kier molecular flexibility index (Phi) is 3.57. The second kappa shape index (κ2) is 5.23. The van der Waals surface area contributed by atoms with Crippen LogP contribution in [0.25, 0.3) is 0 Å². The van der Waals surface area contributed by atoms with Crippen LogP contribution in [0.15, 0.2) is 24.3 Å². The van der Waals surface area contributed by atoms with Crippen LogP contribution in [-0.4, -0.2) is 16.8 Å². The second-order valence-electron chi connectivity index (χ2n) is 6.91. The molecule has 1 aromatic carbocycles. The minimum absolute atomic E-state index is 0.311. The molecule has 20 heavy (non-hydrogen) atoms. The predicted octanol–water partition coefficient (Wildman–Crippen LogP) is 3.96. The van der Waals surface area contributed by atoms with Gasteiger partial charge in [0.05, 0.1) is 0 Å². The van der Waals surface area contributed by atoms with Crippen LogP contribution in [0.4, 0.5) is 0 Å². The van der Waals surface area contributed by atoms with E-state index in [0.717, 1.165) is 13.0 Å². The first-order valence-electron chi connectivity index (χ1n) is 7.95. The maximum Gasteiger partial charge on any atom is 0.226 e. The maximum absolute atomic E-state index is 12.5. The van der Waals surface area contributed by atoms with Gasteiger partial charge in [0.1, 0.15) is 0 Å². The Labute approximate surface area is 122 Å². The summed E-state index contributed by atoms with van der Waals surface area (Å²) in [5.41, 5.74) is 2.64. The van der Waals surface area contributed by atoms with Gasteiger partial charge >= 0.3 is 0 Å². The van der Waals surface area contributed by atoms with Crippen LogP contribution in [0, 0.1) is 11.8 Å². The fourth-order valence-electron chi connectivity index (χ4n) is 2.86. The highest BCUT2D eigenvalue weighted by atomic mass is 16.2. The van der Waals surface area contributed by atoms with Gasteiger partial charge in [0, 0.05) is 18.5 Å². The van der Waals surface area contributed by atoms with Crippen LogP contribution in [0.5, 0.6) is 0 Å². The monoisotopic (exact) mass is 271 g/mol. The summed E-state index contributed by atoms with van der Waals surface area (Å²) in [6, 6.07) is 9.30. The van der Waals surface area contributed by atoms with Crippen LogP contribution in [0.1, 0.15) is 57.1 Å². The number of nitrogens with zero attached hydrogens (tertiary/aromatic N) is 1. The van der Waals surface area contributed by atoms with Crippen LogP contribution >= 0.6 is 0 Å². The minimum Gasteiger partial charge on any atom is -0.335 e. The van der Waals surface area contributed by atoms with E-state index in [0.29, 0.717) is 29.7 Å². The van der Waals surface area contributed by atoms with Crippen LogP contribution in [0.2, 0.25) is 0 Å². The van der Waals surface area contributed by atoms with Crippen LogP contribution in [0.3, 0.4) is 0 Å². The van der Waals surface area contributed by atoms with Gasteiger partial charge in [0.25, 0.3) is 0 Å². The van der Waals surface area contributed by atoms with Crippen molar-refractivity contribution in [1.82, 2.24) is 4.90 Å². The molecule has 0 radical (unpaired) electrons. The Bertz CT molecular complexity index is 487. The Morgan fingerprint density at radius 2 is 1.85 bits per heavy atom. The van der Waals surface area contributed by atoms with Crippen LogP contribution < -0.4 is 0 Å². The summed E-state index contributed by atoms with van der Waals surface area (Å²) in [6.45, 7) is 7.41. The molecule has 108 valence electrons. The summed E-state index contributed by atoms with van der Waals surface area (Å²) < 4.78 is 0. The third-order valence-electron chi connectivity index (χ3n) is 4.70. The zero-order valence-corrected chi connectivity index (χ0v) is 12.8. The summed E-state index contributed by atoms with van der Waals surface area (Å²) in [5, 5.41) is 0. The minimum atomic E-state index is 0.311. The lowest BCUT2D eigenvalue weighted by Crippen LogP contribution is -2.34. The van der Waals surface area contributed by atoms with Crippen molar-refractivity contribution >= 4 is 5.91 Å². The fourth-order valence-corrected chi connectivity index (χ4v) is 2.86. The zero-order chi connectivity index (χ0) is 14.3. The molecule has 1 aromatic rings. The van der Waals surface area contributed by atoms with Crippen molar-refractivity contribution in [3.8, 4) is 0 Å². The highest BCUT2D eigenvalue weighted by molar-refractivity contribution is 5.82. The maximum atomic E-state index is 12.5. The van der Waals surface area contributed by atoms with Gasteiger partial charge in [-0.05, 0) is 42.2 Å². The number of amides is 1. The van der Waals surface area contributed by atoms with Crippen molar-refractivity contribution < 1.29 is 4.79 Å². The summed E-state index contributed by atoms with van der Waals surface area (Å²) in [7, 11) is 0. The van der Waals surface area contributed by atoms with E-state index >= 15 is 0 Å². The summed E-state index contributed by atoms with van der Waals surface area (Å²) in [5.74, 6) is 1.88. The molecule has 0 aromatic heterocycles. The van der Waals surface area contributed by atoms with Gasteiger partial charge in [-0.15, -0.1) is 0 Å². The molecule has 2 heteroatoms. The molecule has 3 rings (SSSR count). The first-order valence-corrected chi connectivity index (χ1v) is 7.95. The van der Waals surface area contributed by atoms with Gasteiger partial charge in [-0.25, -0.2) is 0 Å². The second-order valence-corrected chi connectivity index (χ2v) is 6.91. The molecule has 0 saturated heterocycles. The van der Waals surface area contributed by atoms with E-state index < -0.39 is 0 Å². The Hall–Kier alpha value is -1.31. The molecule has 0 spiro atoms. The number of hydrogen-bond donors (Lipinski definition) is 0.